The first kappa shape index (κ1) is 11.7. The summed E-state index contributed by atoms with van der Waals surface area (Å²) in [5, 5.41) is 13.9. The van der Waals surface area contributed by atoms with Gasteiger partial charge < -0.3 is 5.11 Å². The molecule has 0 aliphatic heterocycles. The van der Waals surface area contributed by atoms with Crippen molar-refractivity contribution in [2.24, 2.45) is 0 Å². The second kappa shape index (κ2) is 4.63. The van der Waals surface area contributed by atoms with E-state index >= 15 is 0 Å². The van der Waals surface area contributed by atoms with Crippen molar-refractivity contribution in [3.8, 4) is 5.69 Å². The Hall–Kier alpha value is -1.75. The normalized spacial score (nSPS) is 12.7. The van der Waals surface area contributed by atoms with Gasteiger partial charge in [0.25, 0.3) is 0 Å². The molecule has 0 saturated heterocycles. The Kier molecular flexibility index (Phi) is 3.19. The van der Waals surface area contributed by atoms with Gasteiger partial charge >= 0.3 is 0 Å². The first-order chi connectivity index (χ1) is 8.11. The molecule has 0 saturated carbocycles. The highest BCUT2D eigenvalue weighted by molar-refractivity contribution is 5.30. The van der Waals surface area contributed by atoms with Crippen LogP contribution in [0.2, 0.25) is 0 Å². The molecule has 1 atom stereocenters. The first-order valence-electron chi connectivity index (χ1n) is 5.66. The van der Waals surface area contributed by atoms with Gasteiger partial charge in [-0.2, -0.15) is 5.10 Å². The van der Waals surface area contributed by atoms with Crippen LogP contribution in [0.4, 0.5) is 0 Å². The fourth-order valence-electron chi connectivity index (χ4n) is 1.69. The summed E-state index contributed by atoms with van der Waals surface area (Å²) in [6, 6.07) is 3.71. The molecule has 0 unspecified atom stereocenters. The van der Waals surface area contributed by atoms with Crippen molar-refractivity contribution < 1.29 is 5.11 Å². The van der Waals surface area contributed by atoms with Crippen LogP contribution in [0.3, 0.4) is 0 Å². The minimum atomic E-state index is -0.498. The van der Waals surface area contributed by atoms with Crippen molar-refractivity contribution >= 4 is 0 Å². The third-order valence-electron chi connectivity index (χ3n) is 2.62. The molecule has 0 aromatic carbocycles. The number of aliphatic hydroxyl groups excluding tert-OH is 1. The molecule has 0 fully saturated rings. The fraction of sp³-hybridized carbons (Fsp3) is 0.417. The van der Waals surface area contributed by atoms with Gasteiger partial charge in [0.15, 0.2) is 0 Å². The quantitative estimate of drug-likeness (QED) is 0.875. The first-order valence-corrected chi connectivity index (χ1v) is 5.66. The van der Waals surface area contributed by atoms with Crippen LogP contribution in [0.15, 0.2) is 18.3 Å². The Bertz CT molecular complexity index is 504. The predicted molar refractivity (Wildman–Crippen MR) is 63.9 cm³/mol. The molecule has 0 bridgehead atoms. The molecule has 0 radical (unpaired) electrons. The number of hydrogen-bond donors (Lipinski definition) is 1. The summed E-state index contributed by atoms with van der Waals surface area (Å²) in [5.41, 5.74) is 1.54. The van der Waals surface area contributed by atoms with E-state index in [9.17, 15) is 5.11 Å². The molecule has 90 valence electrons. The van der Waals surface area contributed by atoms with E-state index in [0.29, 0.717) is 12.1 Å². The maximum absolute atomic E-state index is 9.65. The van der Waals surface area contributed by atoms with E-state index in [1.165, 1.54) is 0 Å². The number of nitrogens with zero attached hydrogens (tertiary/aromatic N) is 4. The van der Waals surface area contributed by atoms with Gasteiger partial charge in [0.1, 0.15) is 11.6 Å². The zero-order chi connectivity index (χ0) is 12.4. The molecule has 5 heteroatoms. The summed E-state index contributed by atoms with van der Waals surface area (Å²) >= 11 is 0. The van der Waals surface area contributed by atoms with Crippen molar-refractivity contribution in [3.63, 3.8) is 0 Å². The van der Waals surface area contributed by atoms with Crippen LogP contribution in [-0.4, -0.2) is 24.9 Å². The van der Waals surface area contributed by atoms with Crippen LogP contribution in [0.5, 0.6) is 0 Å². The summed E-state index contributed by atoms with van der Waals surface area (Å²) in [6.07, 6.45) is 1.87. The largest absolute Gasteiger partial charge is 0.387 e. The number of rotatable bonds is 3. The van der Waals surface area contributed by atoms with Gasteiger partial charge in [0.2, 0.25) is 0 Å². The zero-order valence-electron chi connectivity index (χ0n) is 10.3. The number of aryl methyl sites for hydroxylation is 2. The molecule has 0 amide bonds. The van der Waals surface area contributed by atoms with Gasteiger partial charge in [0.05, 0.1) is 23.7 Å². The molecular formula is C12H16N4O. The smallest absolute Gasteiger partial charge is 0.148 e. The molecule has 1 N–H and O–H groups in total. The molecule has 17 heavy (non-hydrogen) atoms. The highest BCUT2D eigenvalue weighted by Gasteiger charge is 2.08. The molecule has 2 aromatic rings. The lowest BCUT2D eigenvalue weighted by Crippen LogP contribution is -2.03. The van der Waals surface area contributed by atoms with Crippen LogP contribution in [-0.2, 0) is 0 Å². The van der Waals surface area contributed by atoms with E-state index in [-0.39, 0.29) is 0 Å². The second-order valence-corrected chi connectivity index (χ2v) is 3.98. The van der Waals surface area contributed by atoms with E-state index in [1.54, 1.807) is 10.9 Å². The highest BCUT2D eigenvalue weighted by atomic mass is 16.3. The average Bonchev–Trinajstić information content (AvgIpc) is 2.68. The Morgan fingerprint density at radius 2 is 2.12 bits per heavy atom. The summed E-state index contributed by atoms with van der Waals surface area (Å²) in [6.45, 7) is 5.67. The summed E-state index contributed by atoms with van der Waals surface area (Å²) in [4.78, 5) is 8.47. The van der Waals surface area contributed by atoms with Crippen LogP contribution in [0.25, 0.3) is 5.69 Å². The van der Waals surface area contributed by atoms with Gasteiger partial charge in [-0.25, -0.2) is 9.67 Å². The molecule has 2 rings (SSSR count). The van der Waals surface area contributed by atoms with Gasteiger partial charge in [-0.05, 0) is 32.4 Å². The predicted octanol–water partition coefficient (Wildman–Crippen LogP) is 1.72. The maximum atomic E-state index is 9.65. The molecule has 5 nitrogen and oxygen atoms in total. The van der Waals surface area contributed by atoms with Crippen LogP contribution in [0.1, 0.15) is 36.8 Å². The van der Waals surface area contributed by atoms with Gasteiger partial charge in [-0.15, -0.1) is 0 Å². The van der Waals surface area contributed by atoms with Gasteiger partial charge in [-0.3, -0.25) is 4.98 Å². The molecule has 0 spiro atoms. The molecule has 0 aliphatic rings. The van der Waals surface area contributed by atoms with Gasteiger partial charge in [0, 0.05) is 0 Å². The van der Waals surface area contributed by atoms with Crippen molar-refractivity contribution in [3.05, 3.63) is 35.7 Å². The molecule has 2 aromatic heterocycles. The number of pyridine rings is 1. The second-order valence-electron chi connectivity index (χ2n) is 3.98. The lowest BCUT2D eigenvalue weighted by atomic mass is 10.2. The van der Waals surface area contributed by atoms with Crippen LogP contribution >= 0.6 is 0 Å². The molecule has 0 aliphatic carbocycles. The number of aromatic nitrogens is 4. The van der Waals surface area contributed by atoms with Crippen molar-refractivity contribution in [1.29, 1.82) is 0 Å². The molecule has 2 heterocycles. The highest BCUT2D eigenvalue weighted by Crippen LogP contribution is 2.15. The Morgan fingerprint density at radius 3 is 2.59 bits per heavy atom. The van der Waals surface area contributed by atoms with Crippen LogP contribution in [0, 0.1) is 13.8 Å². The van der Waals surface area contributed by atoms with E-state index in [4.69, 9.17) is 0 Å². The third kappa shape index (κ3) is 2.34. The van der Waals surface area contributed by atoms with E-state index in [1.807, 2.05) is 32.9 Å². The standard InChI is InChI=1S/C12H16N4O/c1-4-12(17)11-6-5-10(7-13-11)16-9(3)14-8(2)15-16/h5-7,12,17H,4H2,1-3H3/t12-/m0/s1. The van der Waals surface area contributed by atoms with Crippen molar-refractivity contribution in [1.82, 2.24) is 19.7 Å². The number of hydrogen-bond acceptors (Lipinski definition) is 4. The maximum Gasteiger partial charge on any atom is 0.148 e. The van der Waals surface area contributed by atoms with E-state index in [2.05, 4.69) is 15.1 Å². The summed E-state index contributed by atoms with van der Waals surface area (Å²) < 4.78 is 1.74. The minimum Gasteiger partial charge on any atom is -0.387 e. The lowest BCUT2D eigenvalue weighted by Gasteiger charge is -2.08. The Balaban J connectivity index is 2.32. The zero-order valence-corrected chi connectivity index (χ0v) is 10.3. The van der Waals surface area contributed by atoms with Gasteiger partial charge in [-0.1, -0.05) is 6.92 Å². The monoisotopic (exact) mass is 232 g/mol. The number of aliphatic hydroxyl groups is 1. The third-order valence-corrected chi connectivity index (χ3v) is 2.62. The fourth-order valence-corrected chi connectivity index (χ4v) is 1.69. The SMILES string of the molecule is CC[C@H](O)c1ccc(-n2nc(C)nc2C)cn1. The molecular weight excluding hydrogens is 216 g/mol. The Morgan fingerprint density at radius 1 is 1.35 bits per heavy atom. The average molecular weight is 232 g/mol. The van der Waals surface area contributed by atoms with E-state index < -0.39 is 6.10 Å². The van der Waals surface area contributed by atoms with Crippen LogP contribution < -0.4 is 0 Å². The minimum absolute atomic E-state index is 0.498. The van der Waals surface area contributed by atoms with Crippen molar-refractivity contribution in [2.75, 3.05) is 0 Å². The lowest BCUT2D eigenvalue weighted by molar-refractivity contribution is 0.169. The summed E-state index contributed by atoms with van der Waals surface area (Å²) in [7, 11) is 0. The topological polar surface area (TPSA) is 63.8 Å². The van der Waals surface area contributed by atoms with E-state index in [0.717, 1.165) is 17.3 Å². The summed E-state index contributed by atoms with van der Waals surface area (Å²) in [5.74, 6) is 1.56. The Labute approximate surface area is 100 Å². The van der Waals surface area contributed by atoms with Crippen molar-refractivity contribution in [2.45, 2.75) is 33.3 Å².